The van der Waals surface area contributed by atoms with E-state index in [2.05, 4.69) is 0 Å². The standard InChI is InChI=1S/C15H10N2O3/c16-13-11-6-1-2-7-12(11)17(14(13)18)10-5-3-4-9(8-10)15(19)20/h1-8,16H,(H,19,20). The largest absolute Gasteiger partial charge is 0.478 e. The molecule has 0 atom stereocenters. The number of amides is 1. The van der Waals surface area contributed by atoms with Gasteiger partial charge in [0.1, 0.15) is 5.71 Å². The third-order valence-electron chi connectivity index (χ3n) is 3.18. The molecule has 2 N–H and O–H groups in total. The molecular formula is C15H10N2O3. The molecule has 1 amide bonds. The number of fused-ring (bicyclic) bond motifs is 1. The van der Waals surface area contributed by atoms with Crippen molar-refractivity contribution >= 4 is 29.0 Å². The zero-order valence-corrected chi connectivity index (χ0v) is 10.3. The Morgan fingerprint density at radius 2 is 1.85 bits per heavy atom. The lowest BCUT2D eigenvalue weighted by Gasteiger charge is -2.17. The number of hydrogen-bond acceptors (Lipinski definition) is 3. The maximum atomic E-state index is 12.2. The first-order chi connectivity index (χ1) is 9.59. The minimum atomic E-state index is -1.05. The summed E-state index contributed by atoms with van der Waals surface area (Å²) in [5.74, 6) is -1.50. The van der Waals surface area contributed by atoms with Crippen LogP contribution in [0.5, 0.6) is 0 Å². The molecule has 0 saturated carbocycles. The molecule has 1 aliphatic rings. The molecule has 5 nitrogen and oxygen atoms in total. The second kappa shape index (κ2) is 4.31. The van der Waals surface area contributed by atoms with Gasteiger partial charge in [-0.2, -0.15) is 0 Å². The number of carbonyl (C=O) groups excluding carboxylic acids is 1. The maximum Gasteiger partial charge on any atom is 0.335 e. The van der Waals surface area contributed by atoms with Crippen molar-refractivity contribution in [3.8, 4) is 0 Å². The second-order valence-corrected chi connectivity index (χ2v) is 4.39. The Hall–Kier alpha value is -2.95. The highest BCUT2D eigenvalue weighted by atomic mass is 16.4. The SMILES string of the molecule is N=C1C(=O)N(c2cccc(C(=O)O)c2)c2ccccc21. The van der Waals surface area contributed by atoms with E-state index in [4.69, 9.17) is 10.5 Å². The fraction of sp³-hybridized carbons (Fsp3) is 0. The van der Waals surface area contributed by atoms with Gasteiger partial charge in [0.25, 0.3) is 5.91 Å². The molecule has 0 fully saturated rings. The van der Waals surface area contributed by atoms with E-state index in [1.807, 2.05) is 0 Å². The molecule has 20 heavy (non-hydrogen) atoms. The highest BCUT2D eigenvalue weighted by Gasteiger charge is 2.33. The first-order valence-electron chi connectivity index (χ1n) is 5.95. The summed E-state index contributed by atoms with van der Waals surface area (Å²) in [5.41, 5.74) is 1.63. The number of rotatable bonds is 2. The van der Waals surface area contributed by atoms with E-state index in [0.29, 0.717) is 16.9 Å². The molecule has 98 valence electrons. The topological polar surface area (TPSA) is 81.5 Å². The first-order valence-corrected chi connectivity index (χ1v) is 5.95. The van der Waals surface area contributed by atoms with Crippen LogP contribution in [-0.4, -0.2) is 22.7 Å². The second-order valence-electron chi connectivity index (χ2n) is 4.39. The Morgan fingerprint density at radius 1 is 1.10 bits per heavy atom. The van der Waals surface area contributed by atoms with Crippen LogP contribution in [0.1, 0.15) is 15.9 Å². The molecule has 0 spiro atoms. The number of hydrogen-bond donors (Lipinski definition) is 2. The van der Waals surface area contributed by atoms with Crippen LogP contribution in [0.15, 0.2) is 48.5 Å². The van der Waals surface area contributed by atoms with Crippen LogP contribution in [0.3, 0.4) is 0 Å². The summed E-state index contributed by atoms with van der Waals surface area (Å²) in [4.78, 5) is 24.6. The quantitative estimate of drug-likeness (QED) is 0.875. The number of carboxylic acids is 1. The fourth-order valence-electron chi connectivity index (χ4n) is 2.25. The van der Waals surface area contributed by atoms with Gasteiger partial charge in [-0.15, -0.1) is 0 Å². The summed E-state index contributed by atoms with van der Waals surface area (Å²) in [6, 6.07) is 13.1. The van der Waals surface area contributed by atoms with Crippen LogP contribution in [-0.2, 0) is 4.79 Å². The molecule has 2 aromatic carbocycles. The monoisotopic (exact) mass is 266 g/mol. The molecule has 5 heteroatoms. The number of anilines is 2. The summed E-state index contributed by atoms with van der Waals surface area (Å²) in [6.45, 7) is 0. The highest BCUT2D eigenvalue weighted by molar-refractivity contribution is 6.54. The zero-order valence-electron chi connectivity index (χ0n) is 10.3. The van der Waals surface area contributed by atoms with Gasteiger partial charge in [-0.25, -0.2) is 4.79 Å². The number of carboxylic acid groups (broad SMARTS) is 1. The Morgan fingerprint density at radius 3 is 2.60 bits per heavy atom. The Kier molecular flexibility index (Phi) is 2.61. The third-order valence-corrected chi connectivity index (χ3v) is 3.18. The summed E-state index contributed by atoms with van der Waals surface area (Å²) in [5, 5.41) is 16.9. The summed E-state index contributed by atoms with van der Waals surface area (Å²) < 4.78 is 0. The number of para-hydroxylation sites is 1. The van der Waals surface area contributed by atoms with E-state index < -0.39 is 11.9 Å². The predicted octanol–water partition coefficient (Wildman–Crippen LogP) is 2.43. The lowest BCUT2D eigenvalue weighted by Crippen LogP contribution is -2.25. The number of nitrogens with zero attached hydrogens (tertiary/aromatic N) is 1. The average Bonchev–Trinajstić information content (AvgIpc) is 2.72. The number of aromatic carboxylic acids is 1. The van der Waals surface area contributed by atoms with Crippen molar-refractivity contribution in [2.75, 3.05) is 4.90 Å². The van der Waals surface area contributed by atoms with Gasteiger partial charge in [-0.05, 0) is 24.3 Å². The van der Waals surface area contributed by atoms with Crippen molar-refractivity contribution in [3.63, 3.8) is 0 Å². The molecule has 1 heterocycles. The normalized spacial score (nSPS) is 13.5. The van der Waals surface area contributed by atoms with Gasteiger partial charge >= 0.3 is 5.97 Å². The lowest BCUT2D eigenvalue weighted by atomic mass is 10.1. The van der Waals surface area contributed by atoms with Crippen LogP contribution in [0.25, 0.3) is 0 Å². The zero-order chi connectivity index (χ0) is 14.3. The first kappa shape index (κ1) is 12.1. The summed E-state index contributed by atoms with van der Waals surface area (Å²) in [6.07, 6.45) is 0. The maximum absolute atomic E-state index is 12.2. The van der Waals surface area contributed by atoms with E-state index in [1.165, 1.54) is 17.0 Å². The van der Waals surface area contributed by atoms with Gasteiger partial charge in [-0.1, -0.05) is 24.3 Å². The molecule has 1 aliphatic heterocycles. The van der Waals surface area contributed by atoms with Gasteiger partial charge in [-0.3, -0.25) is 15.1 Å². The molecule has 0 aliphatic carbocycles. The van der Waals surface area contributed by atoms with E-state index >= 15 is 0 Å². The minimum Gasteiger partial charge on any atom is -0.478 e. The van der Waals surface area contributed by atoms with Gasteiger partial charge in [0.2, 0.25) is 0 Å². The van der Waals surface area contributed by atoms with Crippen LogP contribution in [0.2, 0.25) is 0 Å². The van der Waals surface area contributed by atoms with E-state index in [0.717, 1.165) is 0 Å². The van der Waals surface area contributed by atoms with Crippen LogP contribution < -0.4 is 4.90 Å². The van der Waals surface area contributed by atoms with Gasteiger partial charge < -0.3 is 5.11 Å². The summed E-state index contributed by atoms with van der Waals surface area (Å²) >= 11 is 0. The van der Waals surface area contributed by atoms with Crippen LogP contribution in [0.4, 0.5) is 11.4 Å². The number of carbonyl (C=O) groups is 2. The van der Waals surface area contributed by atoms with Gasteiger partial charge in [0.05, 0.1) is 16.9 Å². The molecule has 0 bridgehead atoms. The predicted molar refractivity (Wildman–Crippen MR) is 73.8 cm³/mol. The van der Waals surface area contributed by atoms with E-state index in [-0.39, 0.29) is 11.3 Å². The molecule has 0 radical (unpaired) electrons. The van der Waals surface area contributed by atoms with E-state index in [1.54, 1.807) is 36.4 Å². The molecule has 0 aromatic heterocycles. The van der Waals surface area contributed by atoms with E-state index in [9.17, 15) is 9.59 Å². The highest BCUT2D eigenvalue weighted by Crippen LogP contribution is 2.35. The van der Waals surface area contributed by atoms with Crippen LogP contribution >= 0.6 is 0 Å². The van der Waals surface area contributed by atoms with Gasteiger partial charge in [0, 0.05) is 5.56 Å². The lowest BCUT2D eigenvalue weighted by molar-refractivity contribution is -0.111. The molecule has 3 rings (SSSR count). The average molecular weight is 266 g/mol. The fourth-order valence-corrected chi connectivity index (χ4v) is 2.25. The molecule has 0 unspecified atom stereocenters. The van der Waals surface area contributed by atoms with Crippen molar-refractivity contribution in [3.05, 3.63) is 59.7 Å². The Balaban J connectivity index is 2.16. The van der Waals surface area contributed by atoms with Crippen molar-refractivity contribution in [1.82, 2.24) is 0 Å². The minimum absolute atomic E-state index is 0.0821. The molecule has 2 aromatic rings. The van der Waals surface area contributed by atoms with Crippen LogP contribution in [0, 0.1) is 5.41 Å². The van der Waals surface area contributed by atoms with Crippen molar-refractivity contribution in [2.45, 2.75) is 0 Å². The number of benzene rings is 2. The third kappa shape index (κ3) is 1.68. The number of nitrogens with one attached hydrogen (secondary N) is 1. The van der Waals surface area contributed by atoms with Gasteiger partial charge in [0.15, 0.2) is 0 Å². The molecular weight excluding hydrogens is 256 g/mol. The Bertz CT molecular complexity index is 752. The summed E-state index contributed by atoms with van der Waals surface area (Å²) in [7, 11) is 0. The molecule has 0 saturated heterocycles. The smallest absolute Gasteiger partial charge is 0.335 e. The van der Waals surface area contributed by atoms with Crippen molar-refractivity contribution in [2.24, 2.45) is 0 Å². The van der Waals surface area contributed by atoms with Crippen molar-refractivity contribution < 1.29 is 14.7 Å². The Labute approximate surface area is 114 Å². The van der Waals surface area contributed by atoms with Crippen molar-refractivity contribution in [1.29, 1.82) is 5.41 Å².